The molecule has 0 radical (unpaired) electrons. The third-order valence-corrected chi connectivity index (χ3v) is 3.17. The molecule has 2 aromatic rings. The van der Waals surface area contributed by atoms with E-state index in [-0.39, 0.29) is 24.8 Å². The van der Waals surface area contributed by atoms with Crippen molar-refractivity contribution in [2.45, 2.75) is 6.42 Å². The molecule has 0 saturated heterocycles. The minimum Gasteiger partial charge on any atom is -0.497 e. The molecule has 0 spiro atoms. The molecule has 120 valence electrons. The lowest BCUT2D eigenvalue weighted by Crippen LogP contribution is -2.18. The van der Waals surface area contributed by atoms with Crippen LogP contribution in [0.1, 0.15) is 16.8 Å². The number of ether oxygens (including phenoxy) is 1. The molecular weight excluding hydrogens is 294 g/mol. The Morgan fingerprint density at radius 3 is 2.17 bits per heavy atom. The van der Waals surface area contributed by atoms with Crippen molar-refractivity contribution in [1.29, 1.82) is 0 Å². The number of amides is 2. The Morgan fingerprint density at radius 2 is 1.61 bits per heavy atom. The van der Waals surface area contributed by atoms with Gasteiger partial charge in [0.05, 0.1) is 18.5 Å². The molecule has 0 unspecified atom stereocenters. The van der Waals surface area contributed by atoms with Crippen molar-refractivity contribution in [3.05, 3.63) is 54.1 Å². The summed E-state index contributed by atoms with van der Waals surface area (Å²) in [5, 5.41) is 5.52. The molecule has 0 bridgehead atoms. The van der Waals surface area contributed by atoms with Gasteiger partial charge in [-0.2, -0.15) is 0 Å². The molecule has 6 nitrogen and oxygen atoms in total. The normalized spacial score (nSPS) is 10.0. The Kier molecular flexibility index (Phi) is 5.71. The van der Waals surface area contributed by atoms with Crippen LogP contribution < -0.4 is 21.1 Å². The number of benzene rings is 2. The number of carbonyl (C=O) groups excluding carboxylic acids is 2. The van der Waals surface area contributed by atoms with Gasteiger partial charge in [-0.25, -0.2) is 0 Å². The van der Waals surface area contributed by atoms with E-state index in [0.717, 1.165) is 0 Å². The second-order valence-corrected chi connectivity index (χ2v) is 4.82. The van der Waals surface area contributed by atoms with E-state index in [2.05, 4.69) is 10.6 Å². The predicted molar refractivity (Wildman–Crippen MR) is 89.7 cm³/mol. The number of hydrogen-bond acceptors (Lipinski definition) is 4. The Balaban J connectivity index is 2.12. The molecule has 2 rings (SSSR count). The highest BCUT2D eigenvalue weighted by Crippen LogP contribution is 2.22. The molecule has 0 aliphatic carbocycles. The molecule has 0 aliphatic rings. The number of methoxy groups -OCH3 is 1. The fourth-order valence-corrected chi connectivity index (χ4v) is 1.98. The van der Waals surface area contributed by atoms with Gasteiger partial charge in [-0.15, -0.1) is 0 Å². The van der Waals surface area contributed by atoms with Crippen LogP contribution >= 0.6 is 0 Å². The van der Waals surface area contributed by atoms with Gasteiger partial charge in [0.2, 0.25) is 5.91 Å². The fraction of sp³-hybridized carbons (Fsp3) is 0.176. The SMILES string of the molecule is COc1ccc(C(=O)Nc2ccccc2NC(=O)CCN)cc1. The lowest BCUT2D eigenvalue weighted by molar-refractivity contribution is -0.116. The maximum absolute atomic E-state index is 12.3. The lowest BCUT2D eigenvalue weighted by Gasteiger charge is -2.12. The van der Waals surface area contributed by atoms with Crippen LogP contribution in [0.15, 0.2) is 48.5 Å². The first-order valence-corrected chi connectivity index (χ1v) is 7.18. The first-order valence-electron chi connectivity index (χ1n) is 7.18. The third-order valence-electron chi connectivity index (χ3n) is 3.17. The summed E-state index contributed by atoms with van der Waals surface area (Å²) in [4.78, 5) is 24.0. The van der Waals surface area contributed by atoms with Crippen molar-refractivity contribution < 1.29 is 14.3 Å². The van der Waals surface area contributed by atoms with Gasteiger partial charge < -0.3 is 21.1 Å². The third kappa shape index (κ3) is 4.55. The van der Waals surface area contributed by atoms with Crippen molar-refractivity contribution >= 4 is 23.2 Å². The highest BCUT2D eigenvalue weighted by Gasteiger charge is 2.10. The summed E-state index contributed by atoms with van der Waals surface area (Å²) in [6.45, 7) is 0.270. The van der Waals surface area contributed by atoms with Crippen LogP contribution in [-0.4, -0.2) is 25.5 Å². The number of anilines is 2. The van der Waals surface area contributed by atoms with Crippen LogP contribution in [0.3, 0.4) is 0 Å². The minimum absolute atomic E-state index is 0.196. The van der Waals surface area contributed by atoms with Gasteiger partial charge >= 0.3 is 0 Å². The molecule has 0 heterocycles. The Labute approximate surface area is 134 Å². The predicted octanol–water partition coefficient (Wildman–Crippen LogP) is 2.23. The van der Waals surface area contributed by atoms with Crippen molar-refractivity contribution in [1.82, 2.24) is 0 Å². The van der Waals surface area contributed by atoms with Crippen LogP contribution in [0.5, 0.6) is 5.75 Å². The number of rotatable bonds is 6. The molecule has 0 atom stereocenters. The van der Waals surface area contributed by atoms with Crippen LogP contribution in [0.2, 0.25) is 0 Å². The van der Waals surface area contributed by atoms with E-state index in [1.54, 1.807) is 55.6 Å². The topological polar surface area (TPSA) is 93.5 Å². The van der Waals surface area contributed by atoms with Gasteiger partial charge in [0.25, 0.3) is 5.91 Å². The molecule has 0 aromatic heterocycles. The second-order valence-electron chi connectivity index (χ2n) is 4.82. The highest BCUT2D eigenvalue weighted by molar-refractivity contribution is 6.07. The van der Waals surface area contributed by atoms with E-state index in [0.29, 0.717) is 22.7 Å². The number of nitrogens with one attached hydrogen (secondary N) is 2. The summed E-state index contributed by atoms with van der Waals surface area (Å²) in [7, 11) is 1.56. The van der Waals surface area contributed by atoms with Crippen LogP contribution in [-0.2, 0) is 4.79 Å². The van der Waals surface area contributed by atoms with E-state index in [9.17, 15) is 9.59 Å². The zero-order valence-corrected chi connectivity index (χ0v) is 12.8. The number of nitrogens with two attached hydrogens (primary N) is 1. The van der Waals surface area contributed by atoms with Gasteiger partial charge in [-0.1, -0.05) is 12.1 Å². The van der Waals surface area contributed by atoms with E-state index >= 15 is 0 Å². The van der Waals surface area contributed by atoms with Crippen LogP contribution in [0, 0.1) is 0 Å². The van der Waals surface area contributed by atoms with E-state index < -0.39 is 0 Å². The monoisotopic (exact) mass is 313 g/mol. The van der Waals surface area contributed by atoms with Crippen molar-refractivity contribution in [3.63, 3.8) is 0 Å². The van der Waals surface area contributed by atoms with Crippen LogP contribution in [0.4, 0.5) is 11.4 Å². The van der Waals surface area contributed by atoms with Gasteiger partial charge in [-0.3, -0.25) is 9.59 Å². The molecule has 4 N–H and O–H groups in total. The van der Waals surface area contributed by atoms with Crippen molar-refractivity contribution in [2.24, 2.45) is 5.73 Å². The maximum Gasteiger partial charge on any atom is 0.255 e. The molecular formula is C17H19N3O3. The first kappa shape index (κ1) is 16.5. The maximum atomic E-state index is 12.3. The summed E-state index contributed by atoms with van der Waals surface area (Å²) >= 11 is 0. The van der Waals surface area contributed by atoms with Crippen LogP contribution in [0.25, 0.3) is 0 Å². The quantitative estimate of drug-likeness (QED) is 0.762. The molecule has 0 aliphatic heterocycles. The van der Waals surface area contributed by atoms with Gasteiger partial charge in [0, 0.05) is 18.5 Å². The average Bonchev–Trinajstić information content (AvgIpc) is 2.57. The fourth-order valence-electron chi connectivity index (χ4n) is 1.98. The largest absolute Gasteiger partial charge is 0.497 e. The zero-order valence-electron chi connectivity index (χ0n) is 12.8. The smallest absolute Gasteiger partial charge is 0.255 e. The second kappa shape index (κ2) is 7.95. The summed E-state index contributed by atoms with van der Waals surface area (Å²) in [6, 6.07) is 13.8. The standard InChI is InChI=1S/C17H19N3O3/c1-23-13-8-6-12(7-9-13)17(22)20-15-5-3-2-4-14(15)19-16(21)10-11-18/h2-9H,10-11,18H2,1H3,(H,19,21)(H,20,22). The van der Waals surface area contributed by atoms with E-state index in [1.165, 1.54) is 0 Å². The molecule has 0 saturated carbocycles. The number of carbonyl (C=O) groups is 2. The number of hydrogen-bond donors (Lipinski definition) is 3. The minimum atomic E-state index is -0.270. The van der Waals surface area contributed by atoms with E-state index in [1.807, 2.05) is 0 Å². The summed E-state index contributed by atoms with van der Waals surface area (Å²) in [5.74, 6) is 0.211. The van der Waals surface area contributed by atoms with Gasteiger partial charge in [-0.05, 0) is 36.4 Å². The lowest BCUT2D eigenvalue weighted by atomic mass is 10.2. The van der Waals surface area contributed by atoms with Gasteiger partial charge in [0.15, 0.2) is 0 Å². The molecule has 0 fully saturated rings. The van der Waals surface area contributed by atoms with E-state index in [4.69, 9.17) is 10.5 Å². The van der Waals surface area contributed by atoms with Crippen molar-refractivity contribution in [3.8, 4) is 5.75 Å². The molecule has 6 heteroatoms. The molecule has 2 aromatic carbocycles. The molecule has 2 amide bonds. The molecule has 23 heavy (non-hydrogen) atoms. The Morgan fingerprint density at radius 1 is 1.00 bits per heavy atom. The summed E-state index contributed by atoms with van der Waals surface area (Å²) < 4.78 is 5.06. The number of para-hydroxylation sites is 2. The zero-order chi connectivity index (χ0) is 16.7. The van der Waals surface area contributed by atoms with Gasteiger partial charge in [0.1, 0.15) is 5.75 Å². The summed E-state index contributed by atoms with van der Waals surface area (Å²) in [6.07, 6.45) is 0.223. The first-order chi connectivity index (χ1) is 11.1. The Hall–Kier alpha value is -2.86. The highest BCUT2D eigenvalue weighted by atomic mass is 16.5. The Bertz CT molecular complexity index is 684. The average molecular weight is 313 g/mol. The summed E-state index contributed by atoms with van der Waals surface area (Å²) in [5.41, 5.74) is 6.92. The van der Waals surface area contributed by atoms with Crippen molar-refractivity contribution in [2.75, 3.05) is 24.3 Å².